The first-order valence-corrected chi connectivity index (χ1v) is 11.1. The van der Waals surface area contributed by atoms with Gasteiger partial charge in [-0.25, -0.2) is 22.7 Å². The van der Waals surface area contributed by atoms with E-state index >= 15 is 0 Å². The number of rotatable bonds is 4. The van der Waals surface area contributed by atoms with Crippen LogP contribution < -0.4 is 5.14 Å². The lowest BCUT2D eigenvalue weighted by Gasteiger charge is -2.23. The summed E-state index contributed by atoms with van der Waals surface area (Å²) in [4.78, 5) is 38.7. The summed E-state index contributed by atoms with van der Waals surface area (Å²) in [7, 11) is -4.18. The van der Waals surface area contributed by atoms with Gasteiger partial charge in [0.25, 0.3) is 11.8 Å². The van der Waals surface area contributed by atoms with Gasteiger partial charge in [-0.1, -0.05) is 11.6 Å². The Morgan fingerprint density at radius 1 is 1.10 bits per heavy atom. The van der Waals surface area contributed by atoms with Gasteiger partial charge in [0.15, 0.2) is 6.10 Å². The van der Waals surface area contributed by atoms with Gasteiger partial charge in [0.2, 0.25) is 10.0 Å². The van der Waals surface area contributed by atoms with E-state index in [-0.39, 0.29) is 29.1 Å². The number of carbonyl (C=O) groups excluding carboxylic acids is 3. The lowest BCUT2D eigenvalue weighted by atomic mass is 10.1. The molecule has 0 spiro atoms. The maximum atomic E-state index is 13.1. The molecule has 2 N–H and O–H groups in total. The third kappa shape index (κ3) is 5.27. The van der Waals surface area contributed by atoms with Crippen molar-refractivity contribution >= 4 is 39.4 Å². The van der Waals surface area contributed by atoms with Crippen molar-refractivity contribution in [2.24, 2.45) is 5.14 Å². The average Bonchev–Trinajstić information content (AvgIpc) is 2.89. The number of likely N-dealkylation sites (tertiary alicyclic amines) is 1. The molecule has 1 fully saturated rings. The summed E-state index contributed by atoms with van der Waals surface area (Å²) in [6, 6.07) is 8.12. The Labute approximate surface area is 182 Å². The first-order chi connectivity index (χ1) is 14.6. The monoisotopic (exact) mass is 468 g/mol. The van der Waals surface area contributed by atoms with E-state index in [1.165, 1.54) is 24.3 Å². The Bertz CT molecular complexity index is 1140. The number of ether oxygens (including phenoxy) is 1. The third-order valence-corrected chi connectivity index (χ3v) is 6.09. The SMILES string of the molecule is NS(=O)(=O)c1cc(C(=O)OC2CCCCN(C(=O)c3ccc(F)cc3)C2=O)ccc1Cl. The largest absolute Gasteiger partial charge is 0.449 e. The van der Waals surface area contributed by atoms with Crippen molar-refractivity contribution in [2.75, 3.05) is 6.54 Å². The number of benzene rings is 2. The number of hydrogen-bond acceptors (Lipinski definition) is 6. The fourth-order valence-corrected chi connectivity index (χ4v) is 4.18. The molecule has 164 valence electrons. The summed E-state index contributed by atoms with van der Waals surface area (Å²) >= 11 is 5.81. The van der Waals surface area contributed by atoms with E-state index in [0.29, 0.717) is 12.8 Å². The zero-order valence-electron chi connectivity index (χ0n) is 16.1. The number of sulfonamides is 1. The molecule has 0 aliphatic carbocycles. The quantitative estimate of drug-likeness (QED) is 0.543. The highest BCUT2D eigenvalue weighted by Gasteiger charge is 2.34. The van der Waals surface area contributed by atoms with Crippen molar-refractivity contribution in [2.45, 2.75) is 30.3 Å². The number of primary sulfonamides is 1. The van der Waals surface area contributed by atoms with Crippen LogP contribution in [0, 0.1) is 5.82 Å². The van der Waals surface area contributed by atoms with E-state index in [2.05, 4.69) is 0 Å². The van der Waals surface area contributed by atoms with E-state index in [9.17, 15) is 27.2 Å². The molecular formula is C20H18ClFN2O6S. The molecule has 8 nitrogen and oxygen atoms in total. The van der Waals surface area contributed by atoms with Crippen LogP contribution in [-0.2, 0) is 19.6 Å². The van der Waals surface area contributed by atoms with Crippen LogP contribution in [0.1, 0.15) is 40.0 Å². The van der Waals surface area contributed by atoms with E-state index in [4.69, 9.17) is 21.5 Å². The Morgan fingerprint density at radius 3 is 2.39 bits per heavy atom. The number of nitrogens with zero attached hydrogens (tertiary/aromatic N) is 1. The molecule has 1 atom stereocenters. The Kier molecular flexibility index (Phi) is 6.73. The van der Waals surface area contributed by atoms with Crippen molar-refractivity contribution in [3.8, 4) is 0 Å². The van der Waals surface area contributed by atoms with Crippen LogP contribution >= 0.6 is 11.6 Å². The van der Waals surface area contributed by atoms with Crippen LogP contribution in [0.4, 0.5) is 4.39 Å². The number of carbonyl (C=O) groups is 3. The maximum absolute atomic E-state index is 13.1. The van der Waals surface area contributed by atoms with E-state index in [0.717, 1.165) is 23.1 Å². The number of hydrogen-bond donors (Lipinski definition) is 1. The van der Waals surface area contributed by atoms with Crippen LogP contribution in [0.5, 0.6) is 0 Å². The van der Waals surface area contributed by atoms with Crippen LogP contribution in [0.3, 0.4) is 0 Å². The summed E-state index contributed by atoms with van der Waals surface area (Å²) in [6.45, 7) is 0.125. The Balaban J connectivity index is 1.81. The standard InChI is InChI=1S/C20H18ClFN2O6S/c21-15-9-6-13(11-17(15)31(23,28)29)20(27)30-16-3-1-2-10-24(19(16)26)18(25)12-4-7-14(22)8-5-12/h4-9,11,16H,1-3,10H2,(H2,23,28,29). The lowest BCUT2D eigenvalue weighted by Crippen LogP contribution is -2.43. The second-order valence-electron chi connectivity index (χ2n) is 6.88. The highest BCUT2D eigenvalue weighted by molar-refractivity contribution is 7.89. The molecule has 0 saturated carbocycles. The number of halogens is 2. The molecule has 31 heavy (non-hydrogen) atoms. The molecule has 1 aliphatic rings. The van der Waals surface area contributed by atoms with Crippen LogP contribution in [-0.4, -0.2) is 43.8 Å². The van der Waals surface area contributed by atoms with Crippen LogP contribution in [0.2, 0.25) is 5.02 Å². The predicted molar refractivity (Wildman–Crippen MR) is 108 cm³/mol. The molecule has 2 aromatic carbocycles. The first-order valence-electron chi connectivity index (χ1n) is 9.22. The van der Waals surface area contributed by atoms with Gasteiger partial charge in [0.05, 0.1) is 10.6 Å². The minimum absolute atomic E-state index is 0.122. The highest BCUT2D eigenvalue weighted by atomic mass is 35.5. The number of nitrogens with two attached hydrogens (primary N) is 1. The Hall–Kier alpha value is -2.82. The highest BCUT2D eigenvalue weighted by Crippen LogP contribution is 2.24. The van der Waals surface area contributed by atoms with Gasteiger partial charge in [-0.15, -0.1) is 0 Å². The zero-order valence-corrected chi connectivity index (χ0v) is 17.7. The molecule has 3 rings (SSSR count). The summed E-state index contributed by atoms with van der Waals surface area (Å²) < 4.78 is 41.6. The minimum Gasteiger partial charge on any atom is -0.449 e. The van der Waals surface area contributed by atoms with Gasteiger partial charge in [-0.05, 0) is 61.7 Å². The molecular weight excluding hydrogens is 451 g/mol. The first kappa shape index (κ1) is 22.9. The second kappa shape index (κ2) is 9.13. The molecule has 11 heteroatoms. The normalized spacial score (nSPS) is 17.2. The molecule has 1 aliphatic heterocycles. The number of imide groups is 1. The summed E-state index contributed by atoms with van der Waals surface area (Å²) in [5.41, 5.74) is -0.0425. The van der Waals surface area contributed by atoms with Crippen molar-refractivity contribution < 1.29 is 31.9 Å². The fourth-order valence-electron chi connectivity index (χ4n) is 3.11. The van der Waals surface area contributed by atoms with Gasteiger partial charge in [0.1, 0.15) is 10.7 Å². The summed E-state index contributed by atoms with van der Waals surface area (Å²) in [6.07, 6.45) is -0.0377. The summed E-state index contributed by atoms with van der Waals surface area (Å²) in [5, 5.41) is 4.92. The molecule has 0 radical (unpaired) electrons. The topological polar surface area (TPSA) is 124 Å². The fraction of sp³-hybridized carbons (Fsp3) is 0.250. The molecule has 0 aromatic heterocycles. The van der Waals surface area contributed by atoms with Crippen LogP contribution in [0.25, 0.3) is 0 Å². The molecule has 2 aromatic rings. The molecule has 1 heterocycles. The van der Waals surface area contributed by atoms with Crippen molar-refractivity contribution in [1.29, 1.82) is 0 Å². The summed E-state index contributed by atoms with van der Waals surface area (Å²) in [5.74, 6) is -2.82. The van der Waals surface area contributed by atoms with E-state index in [1.807, 2.05) is 0 Å². The van der Waals surface area contributed by atoms with E-state index in [1.54, 1.807) is 0 Å². The smallest absolute Gasteiger partial charge is 0.338 e. The lowest BCUT2D eigenvalue weighted by molar-refractivity contribution is -0.137. The van der Waals surface area contributed by atoms with Gasteiger partial charge in [0, 0.05) is 12.1 Å². The van der Waals surface area contributed by atoms with Gasteiger partial charge in [-0.2, -0.15) is 0 Å². The van der Waals surface area contributed by atoms with Crippen molar-refractivity contribution in [3.05, 3.63) is 64.4 Å². The zero-order chi connectivity index (χ0) is 22.8. The van der Waals surface area contributed by atoms with Crippen molar-refractivity contribution in [1.82, 2.24) is 4.90 Å². The Morgan fingerprint density at radius 2 is 1.74 bits per heavy atom. The molecule has 2 amide bonds. The van der Waals surface area contributed by atoms with E-state index < -0.39 is 44.6 Å². The third-order valence-electron chi connectivity index (χ3n) is 4.70. The van der Waals surface area contributed by atoms with Gasteiger partial charge >= 0.3 is 5.97 Å². The number of esters is 1. The molecule has 0 bridgehead atoms. The second-order valence-corrected chi connectivity index (χ2v) is 8.82. The molecule has 1 unspecified atom stereocenters. The van der Waals surface area contributed by atoms with Crippen LogP contribution in [0.15, 0.2) is 47.4 Å². The molecule has 1 saturated heterocycles. The minimum atomic E-state index is -4.18. The van der Waals surface area contributed by atoms with Gasteiger partial charge < -0.3 is 4.74 Å². The maximum Gasteiger partial charge on any atom is 0.338 e. The predicted octanol–water partition coefficient (Wildman–Crippen LogP) is 2.50. The average molecular weight is 469 g/mol. The van der Waals surface area contributed by atoms with Crippen molar-refractivity contribution in [3.63, 3.8) is 0 Å². The number of amides is 2. The van der Waals surface area contributed by atoms with Gasteiger partial charge in [-0.3, -0.25) is 14.5 Å².